The number of aromatic nitrogens is 3. The number of hydrogen-bond acceptors (Lipinski definition) is 2. The lowest BCUT2D eigenvalue weighted by Gasteiger charge is -2.29. The molecule has 1 aromatic heterocycles. The summed E-state index contributed by atoms with van der Waals surface area (Å²) in [6.45, 7) is 2.66. The molecule has 0 aliphatic heterocycles. The molecule has 0 radical (unpaired) electrons. The summed E-state index contributed by atoms with van der Waals surface area (Å²) in [4.78, 5) is 0. The number of nitrogens with zero attached hydrogens (tertiary/aromatic N) is 3. The van der Waals surface area contributed by atoms with Crippen LogP contribution in [0.5, 0.6) is 0 Å². The van der Waals surface area contributed by atoms with Crippen molar-refractivity contribution in [3.05, 3.63) is 11.6 Å². The molecule has 1 aliphatic carbocycles. The van der Waals surface area contributed by atoms with Gasteiger partial charge in [0.25, 0.3) is 0 Å². The molecule has 3 nitrogen and oxygen atoms in total. The molecule has 108 valence electrons. The van der Waals surface area contributed by atoms with E-state index >= 15 is 0 Å². The number of rotatable bonds is 3. The minimum atomic E-state index is -4.06. The van der Waals surface area contributed by atoms with Crippen molar-refractivity contribution in [3.8, 4) is 0 Å². The van der Waals surface area contributed by atoms with Crippen molar-refractivity contribution < 1.29 is 13.2 Å². The highest BCUT2D eigenvalue weighted by molar-refractivity contribution is 6.16. The average molecular weight is 296 g/mol. The lowest BCUT2D eigenvalue weighted by Crippen LogP contribution is -2.28. The molecular weight excluding hydrogens is 279 g/mol. The van der Waals surface area contributed by atoms with Gasteiger partial charge in [0.1, 0.15) is 11.6 Å². The molecule has 0 bridgehead atoms. The number of halogens is 4. The normalized spacial score (nSPS) is 24.7. The fraction of sp³-hybridized carbons (Fsp3) is 0.833. The maximum absolute atomic E-state index is 12.6. The van der Waals surface area contributed by atoms with Crippen molar-refractivity contribution in [2.45, 2.75) is 57.1 Å². The van der Waals surface area contributed by atoms with E-state index in [4.69, 9.17) is 11.6 Å². The molecule has 0 amide bonds. The van der Waals surface area contributed by atoms with Crippen LogP contribution < -0.4 is 0 Å². The summed E-state index contributed by atoms with van der Waals surface area (Å²) >= 11 is 5.77. The van der Waals surface area contributed by atoms with Crippen LogP contribution in [0.2, 0.25) is 0 Å². The van der Waals surface area contributed by atoms with Crippen LogP contribution in [0.4, 0.5) is 13.2 Å². The molecule has 19 heavy (non-hydrogen) atoms. The summed E-state index contributed by atoms with van der Waals surface area (Å²) in [5.41, 5.74) is 0. The second-order valence-electron chi connectivity index (χ2n) is 4.94. The summed E-state index contributed by atoms with van der Waals surface area (Å²) in [5.74, 6) is 0.673. The lowest BCUT2D eigenvalue weighted by atomic mass is 9.81. The minimum Gasteiger partial charge on any atom is -0.314 e. The molecule has 1 saturated carbocycles. The third kappa shape index (κ3) is 3.04. The van der Waals surface area contributed by atoms with E-state index in [0.717, 1.165) is 5.82 Å². The largest absolute Gasteiger partial charge is 0.391 e. The molecule has 1 heterocycles. The Morgan fingerprint density at radius 3 is 2.32 bits per heavy atom. The van der Waals surface area contributed by atoms with Gasteiger partial charge in [-0.25, -0.2) is 0 Å². The Bertz CT molecular complexity index is 422. The van der Waals surface area contributed by atoms with Gasteiger partial charge in [0.15, 0.2) is 0 Å². The van der Waals surface area contributed by atoms with E-state index in [1.165, 1.54) is 0 Å². The first-order valence-electron chi connectivity index (χ1n) is 6.52. The van der Waals surface area contributed by atoms with Crippen molar-refractivity contribution in [2.24, 2.45) is 5.92 Å². The SMILES string of the molecule is CCn1c(CCl)nnc1C1CCC(C(F)(F)F)CC1. The Labute approximate surface area is 115 Å². The molecule has 0 atom stereocenters. The van der Waals surface area contributed by atoms with Crippen LogP contribution in [0.25, 0.3) is 0 Å². The molecule has 0 spiro atoms. The fourth-order valence-electron chi connectivity index (χ4n) is 2.77. The minimum absolute atomic E-state index is 0.0722. The van der Waals surface area contributed by atoms with Crippen LogP contribution in [0.15, 0.2) is 0 Å². The maximum Gasteiger partial charge on any atom is 0.391 e. The Morgan fingerprint density at radius 2 is 1.84 bits per heavy atom. The smallest absolute Gasteiger partial charge is 0.314 e. The topological polar surface area (TPSA) is 30.7 Å². The molecule has 0 unspecified atom stereocenters. The molecule has 0 N–H and O–H groups in total. The van der Waals surface area contributed by atoms with Crippen LogP contribution in [-0.2, 0) is 12.4 Å². The quantitative estimate of drug-likeness (QED) is 0.793. The summed E-state index contributed by atoms with van der Waals surface area (Å²) in [6, 6.07) is 0. The highest BCUT2D eigenvalue weighted by atomic mass is 35.5. The third-order valence-corrected chi connectivity index (χ3v) is 4.09. The Morgan fingerprint density at radius 1 is 1.21 bits per heavy atom. The summed E-state index contributed by atoms with van der Waals surface area (Å²) in [6.07, 6.45) is -2.66. The zero-order valence-corrected chi connectivity index (χ0v) is 11.5. The van der Waals surface area contributed by atoms with E-state index in [2.05, 4.69) is 10.2 Å². The van der Waals surface area contributed by atoms with Crippen molar-refractivity contribution >= 4 is 11.6 Å². The van der Waals surface area contributed by atoms with E-state index in [1.54, 1.807) is 0 Å². The molecule has 0 aromatic carbocycles. The van der Waals surface area contributed by atoms with E-state index in [-0.39, 0.29) is 24.6 Å². The molecule has 2 rings (SSSR count). The van der Waals surface area contributed by atoms with Gasteiger partial charge in [0.2, 0.25) is 0 Å². The zero-order chi connectivity index (χ0) is 14.0. The highest BCUT2D eigenvalue weighted by Gasteiger charge is 2.42. The van der Waals surface area contributed by atoms with Gasteiger partial charge in [-0.2, -0.15) is 13.2 Å². The Kier molecular flexibility index (Phi) is 4.38. The van der Waals surface area contributed by atoms with Gasteiger partial charge in [0.05, 0.1) is 11.8 Å². The van der Waals surface area contributed by atoms with Gasteiger partial charge >= 0.3 is 6.18 Å². The zero-order valence-electron chi connectivity index (χ0n) is 10.8. The van der Waals surface area contributed by atoms with Gasteiger partial charge in [-0.05, 0) is 32.6 Å². The van der Waals surface area contributed by atoms with E-state index < -0.39 is 12.1 Å². The molecule has 7 heteroatoms. The summed E-state index contributed by atoms with van der Waals surface area (Å²) in [7, 11) is 0. The molecule has 1 aliphatic rings. The molecule has 1 fully saturated rings. The second kappa shape index (κ2) is 5.69. The van der Waals surface area contributed by atoms with Crippen molar-refractivity contribution in [1.82, 2.24) is 14.8 Å². The predicted octanol–water partition coefficient (Wildman–Crippen LogP) is 3.87. The van der Waals surface area contributed by atoms with Crippen LogP contribution in [0.1, 0.15) is 50.2 Å². The first-order valence-corrected chi connectivity index (χ1v) is 7.05. The number of alkyl halides is 4. The summed E-state index contributed by atoms with van der Waals surface area (Å²) < 4.78 is 39.8. The summed E-state index contributed by atoms with van der Waals surface area (Å²) in [5, 5.41) is 8.12. The Balaban J connectivity index is 2.08. The van der Waals surface area contributed by atoms with E-state index in [9.17, 15) is 13.2 Å². The fourth-order valence-corrected chi connectivity index (χ4v) is 2.97. The lowest BCUT2D eigenvalue weighted by molar-refractivity contribution is -0.182. The van der Waals surface area contributed by atoms with Crippen LogP contribution >= 0.6 is 11.6 Å². The van der Waals surface area contributed by atoms with Crippen LogP contribution in [0, 0.1) is 5.92 Å². The standard InChI is InChI=1S/C12H17ClF3N3/c1-2-19-10(7-13)17-18-11(19)8-3-5-9(6-4-8)12(14,15)16/h8-9H,2-7H2,1H3. The van der Waals surface area contributed by atoms with Gasteiger partial charge in [-0.15, -0.1) is 21.8 Å². The van der Waals surface area contributed by atoms with Crippen molar-refractivity contribution in [3.63, 3.8) is 0 Å². The van der Waals surface area contributed by atoms with Crippen molar-refractivity contribution in [1.29, 1.82) is 0 Å². The van der Waals surface area contributed by atoms with Crippen molar-refractivity contribution in [2.75, 3.05) is 0 Å². The van der Waals surface area contributed by atoms with E-state index in [1.807, 2.05) is 11.5 Å². The molecular formula is C12H17ClF3N3. The predicted molar refractivity (Wildman–Crippen MR) is 66.0 cm³/mol. The third-order valence-electron chi connectivity index (χ3n) is 3.85. The van der Waals surface area contributed by atoms with Gasteiger partial charge in [-0.1, -0.05) is 0 Å². The van der Waals surface area contributed by atoms with Gasteiger partial charge in [0, 0.05) is 12.5 Å². The van der Waals surface area contributed by atoms with Gasteiger partial charge in [-0.3, -0.25) is 0 Å². The van der Waals surface area contributed by atoms with Crippen LogP contribution in [0.3, 0.4) is 0 Å². The maximum atomic E-state index is 12.6. The van der Waals surface area contributed by atoms with Gasteiger partial charge < -0.3 is 4.57 Å². The van der Waals surface area contributed by atoms with Crippen LogP contribution in [-0.4, -0.2) is 20.9 Å². The Hall–Kier alpha value is -0.780. The number of hydrogen-bond donors (Lipinski definition) is 0. The highest BCUT2D eigenvalue weighted by Crippen LogP contribution is 2.42. The van der Waals surface area contributed by atoms with E-state index in [0.29, 0.717) is 25.2 Å². The molecule has 1 aromatic rings. The second-order valence-corrected chi connectivity index (χ2v) is 5.21. The molecule has 0 saturated heterocycles. The first kappa shape index (κ1) is 14.6. The average Bonchev–Trinajstić information content (AvgIpc) is 2.80. The first-order chi connectivity index (χ1) is 8.97. The monoisotopic (exact) mass is 295 g/mol.